The molecule has 5 aliphatic rings. The Morgan fingerprint density at radius 3 is 2.60 bits per heavy atom. The van der Waals surface area contributed by atoms with Gasteiger partial charge in [-0.1, -0.05) is 35.8 Å². The molecule has 0 aromatic carbocycles. The van der Waals surface area contributed by atoms with Gasteiger partial charge in [0, 0.05) is 18.8 Å². The molecule has 0 aromatic rings. The topological polar surface area (TPSA) is 95.8 Å². The van der Waals surface area contributed by atoms with Gasteiger partial charge < -0.3 is 19.1 Å². The molecule has 0 spiro atoms. The molecule has 0 saturated heterocycles. The van der Waals surface area contributed by atoms with Crippen LogP contribution in [-0.2, 0) is 28.7 Å². The number of hydrogen-bond acceptors (Lipinski definition) is 8. The number of carbonyl (C=O) groups is 2. The Morgan fingerprint density at radius 2 is 1.91 bits per heavy atom. The first-order valence-electron chi connectivity index (χ1n) is 12.9. The average molecular weight is 487 g/mol. The molecule has 3 fully saturated rings. The Balaban J connectivity index is 1.51. The molecule has 192 valence electrons. The van der Waals surface area contributed by atoms with Crippen molar-refractivity contribution >= 4 is 23.4 Å². The predicted octanol–water partition coefficient (Wildman–Crippen LogP) is 4.43. The van der Waals surface area contributed by atoms with E-state index in [1.165, 1.54) is 26.7 Å². The van der Waals surface area contributed by atoms with Crippen molar-refractivity contribution in [2.24, 2.45) is 44.8 Å². The van der Waals surface area contributed by atoms with Crippen molar-refractivity contribution in [2.45, 2.75) is 84.3 Å². The number of ether oxygens (including phenoxy) is 2. The maximum atomic E-state index is 12.7. The lowest BCUT2D eigenvalue weighted by molar-refractivity contribution is -0.149. The van der Waals surface area contributed by atoms with E-state index < -0.39 is 11.6 Å². The lowest BCUT2D eigenvalue weighted by atomic mass is 9.46. The molecule has 35 heavy (non-hydrogen) atoms. The van der Waals surface area contributed by atoms with Crippen molar-refractivity contribution in [1.82, 2.24) is 0 Å². The lowest BCUT2D eigenvalue weighted by Gasteiger charge is -2.58. The summed E-state index contributed by atoms with van der Waals surface area (Å²) in [4.78, 5) is 35.7. The Kier molecular flexibility index (Phi) is 5.80. The van der Waals surface area contributed by atoms with Crippen molar-refractivity contribution < 1.29 is 28.7 Å². The van der Waals surface area contributed by atoms with Gasteiger partial charge in [0.05, 0.1) is 13.0 Å². The molecule has 8 heteroatoms. The molecular weight excluding hydrogens is 448 g/mol. The van der Waals surface area contributed by atoms with E-state index in [9.17, 15) is 9.59 Å². The van der Waals surface area contributed by atoms with Crippen LogP contribution in [0.1, 0.15) is 72.6 Å². The minimum atomic E-state index is -0.806. The van der Waals surface area contributed by atoms with Crippen LogP contribution in [0.5, 0.6) is 0 Å². The fourth-order valence-electron chi connectivity index (χ4n) is 8.87. The third-order valence-electron chi connectivity index (χ3n) is 10.4. The predicted molar refractivity (Wildman–Crippen MR) is 130 cm³/mol. The van der Waals surface area contributed by atoms with Crippen LogP contribution in [0.25, 0.3) is 0 Å². The van der Waals surface area contributed by atoms with Crippen molar-refractivity contribution in [1.29, 1.82) is 0 Å². The number of rotatable bonds is 4. The van der Waals surface area contributed by atoms with Crippen LogP contribution in [0.4, 0.5) is 0 Å². The van der Waals surface area contributed by atoms with E-state index in [1.807, 2.05) is 6.92 Å². The van der Waals surface area contributed by atoms with E-state index in [-0.39, 0.29) is 28.8 Å². The third kappa shape index (κ3) is 3.23. The van der Waals surface area contributed by atoms with Crippen LogP contribution < -0.4 is 0 Å². The van der Waals surface area contributed by atoms with E-state index in [1.54, 1.807) is 0 Å². The molecular formula is C27H38N2O6. The van der Waals surface area contributed by atoms with Gasteiger partial charge in [-0.2, -0.15) is 0 Å². The molecule has 8 atom stereocenters. The quantitative estimate of drug-likeness (QED) is 0.253. The monoisotopic (exact) mass is 486 g/mol. The molecule has 0 radical (unpaired) electrons. The molecule has 0 aromatic heterocycles. The number of fused-ring (bicyclic) bond motifs is 7. The summed E-state index contributed by atoms with van der Waals surface area (Å²) in [7, 11) is 2.93. The summed E-state index contributed by atoms with van der Waals surface area (Å²) in [5.41, 5.74) is 1.63. The fourth-order valence-corrected chi connectivity index (χ4v) is 8.87. The van der Waals surface area contributed by atoms with Crippen molar-refractivity contribution in [3.8, 4) is 0 Å². The van der Waals surface area contributed by atoms with Gasteiger partial charge in [-0.3, -0.25) is 4.79 Å². The van der Waals surface area contributed by atoms with Crippen molar-refractivity contribution in [3.63, 3.8) is 0 Å². The van der Waals surface area contributed by atoms with Gasteiger partial charge in [-0.25, -0.2) is 4.79 Å². The standard InChI is InChI=1S/C27H38N2O6/c1-15(28-33-6)27-22(23(29-35-27)24(31)32-5)14-21-19-8-7-17-13-18(34-16(2)30)9-11-25(17,3)20(19)10-12-26(21,27)4/h7,18-22H,8-14H2,1-6H3/t18?,19?,20?,21?,22?,25-,26-,27?/m0/s1. The van der Waals surface area contributed by atoms with Gasteiger partial charge in [0.15, 0.2) is 11.3 Å². The maximum Gasteiger partial charge on any atom is 0.356 e. The second kappa shape index (κ2) is 8.34. The molecule has 1 heterocycles. The number of oxime groups is 2. The second-order valence-electron chi connectivity index (χ2n) is 11.6. The van der Waals surface area contributed by atoms with Gasteiger partial charge >= 0.3 is 11.9 Å². The number of esters is 2. The van der Waals surface area contributed by atoms with E-state index in [0.29, 0.717) is 23.5 Å². The van der Waals surface area contributed by atoms with Gasteiger partial charge in [0.1, 0.15) is 18.9 Å². The van der Waals surface area contributed by atoms with E-state index in [0.717, 1.165) is 50.7 Å². The number of methoxy groups -OCH3 is 1. The second-order valence-corrected chi connectivity index (χ2v) is 11.6. The third-order valence-corrected chi connectivity index (χ3v) is 10.4. The van der Waals surface area contributed by atoms with Crippen LogP contribution in [0, 0.1) is 34.5 Å². The molecule has 0 bridgehead atoms. The smallest absolute Gasteiger partial charge is 0.356 e. The first kappa shape index (κ1) is 24.3. The van der Waals surface area contributed by atoms with Gasteiger partial charge in [-0.15, -0.1) is 0 Å². The molecule has 3 saturated carbocycles. The number of carbonyl (C=O) groups excluding carboxylic acids is 2. The highest BCUT2D eigenvalue weighted by Crippen LogP contribution is 2.70. The summed E-state index contributed by atoms with van der Waals surface area (Å²) in [6.07, 6.45) is 9.06. The van der Waals surface area contributed by atoms with E-state index in [4.69, 9.17) is 19.1 Å². The van der Waals surface area contributed by atoms with E-state index >= 15 is 0 Å². The maximum absolute atomic E-state index is 12.7. The molecule has 0 amide bonds. The zero-order valence-corrected chi connectivity index (χ0v) is 21.8. The Labute approximate surface area is 207 Å². The normalized spacial score (nSPS) is 43.9. The minimum absolute atomic E-state index is 0.00790. The Bertz CT molecular complexity index is 1020. The van der Waals surface area contributed by atoms with Crippen LogP contribution in [0.3, 0.4) is 0 Å². The molecule has 8 nitrogen and oxygen atoms in total. The number of hydrogen-bond donors (Lipinski definition) is 0. The largest absolute Gasteiger partial charge is 0.464 e. The number of nitrogens with zero attached hydrogens (tertiary/aromatic N) is 2. The van der Waals surface area contributed by atoms with Crippen LogP contribution in [-0.4, -0.2) is 49.3 Å². The zero-order chi connectivity index (χ0) is 25.2. The molecule has 6 unspecified atom stereocenters. The SMILES string of the molecule is CON=C(C)C12ON=C(C(=O)OC)C1CC1C3CC=C4CC(OC(C)=O)CC[C@]4(C)C3CC[C@@]12C. The highest BCUT2D eigenvalue weighted by atomic mass is 16.7. The van der Waals surface area contributed by atoms with Gasteiger partial charge in [-0.05, 0) is 68.6 Å². The van der Waals surface area contributed by atoms with Crippen LogP contribution >= 0.6 is 0 Å². The summed E-state index contributed by atoms with van der Waals surface area (Å²) in [5.74, 6) is 0.550. The first-order chi connectivity index (χ1) is 16.6. The average Bonchev–Trinajstić information content (AvgIpc) is 3.32. The lowest BCUT2D eigenvalue weighted by Crippen LogP contribution is -2.59. The summed E-state index contributed by atoms with van der Waals surface area (Å²) in [6.45, 7) is 8.15. The zero-order valence-electron chi connectivity index (χ0n) is 21.8. The van der Waals surface area contributed by atoms with Crippen molar-refractivity contribution in [3.05, 3.63) is 11.6 Å². The van der Waals surface area contributed by atoms with Gasteiger partial charge in [0.25, 0.3) is 0 Å². The minimum Gasteiger partial charge on any atom is -0.464 e. The first-order valence-corrected chi connectivity index (χ1v) is 12.9. The van der Waals surface area contributed by atoms with E-state index in [2.05, 4.69) is 30.2 Å². The van der Waals surface area contributed by atoms with Crippen molar-refractivity contribution in [2.75, 3.05) is 14.2 Å². The molecule has 4 aliphatic carbocycles. The summed E-state index contributed by atoms with van der Waals surface area (Å²) in [5, 5.41) is 8.59. The number of allylic oxidation sites excluding steroid dienone is 1. The summed E-state index contributed by atoms with van der Waals surface area (Å²) in [6, 6.07) is 0. The molecule has 5 rings (SSSR count). The van der Waals surface area contributed by atoms with Crippen LogP contribution in [0.2, 0.25) is 0 Å². The highest BCUT2D eigenvalue weighted by molar-refractivity contribution is 6.38. The fraction of sp³-hybridized carbons (Fsp3) is 0.778. The Hall–Kier alpha value is -2.38. The Morgan fingerprint density at radius 1 is 1.14 bits per heavy atom. The van der Waals surface area contributed by atoms with Gasteiger partial charge in [0.2, 0.25) is 0 Å². The highest BCUT2D eigenvalue weighted by Gasteiger charge is 2.74. The summed E-state index contributed by atoms with van der Waals surface area (Å²) >= 11 is 0. The molecule has 0 N–H and O–H groups in total. The van der Waals surface area contributed by atoms with Crippen LogP contribution in [0.15, 0.2) is 22.0 Å². The summed E-state index contributed by atoms with van der Waals surface area (Å²) < 4.78 is 10.7. The molecule has 1 aliphatic heterocycles.